The van der Waals surface area contributed by atoms with Crippen LogP contribution in [0.3, 0.4) is 0 Å². The minimum Gasteiger partial charge on any atom is -0.333 e. The standard InChI is InChI=1S/C22H20FN3O3S2/c1-16(25-31(28,29)21-6-3-11-30-21)22(27)26(15-19-4-2-5-20(23)12-19)14-18-9-7-17(13-24)8-10-18/h2-12,16,25H,14-15H2,1H3. The number of hydrogen-bond acceptors (Lipinski definition) is 5. The van der Waals surface area contributed by atoms with Crippen LogP contribution < -0.4 is 4.72 Å². The molecule has 6 nitrogen and oxygen atoms in total. The molecular weight excluding hydrogens is 437 g/mol. The van der Waals surface area contributed by atoms with Crippen LogP contribution in [0, 0.1) is 17.1 Å². The van der Waals surface area contributed by atoms with Gasteiger partial charge >= 0.3 is 0 Å². The number of nitriles is 1. The normalized spacial score (nSPS) is 12.2. The molecule has 0 aliphatic rings. The Kier molecular flexibility index (Phi) is 7.17. The van der Waals surface area contributed by atoms with Crippen LogP contribution in [0.15, 0.2) is 70.3 Å². The van der Waals surface area contributed by atoms with Crippen molar-refractivity contribution in [1.29, 1.82) is 5.26 Å². The fourth-order valence-corrected chi connectivity index (χ4v) is 5.21. The van der Waals surface area contributed by atoms with E-state index in [0.717, 1.165) is 16.9 Å². The van der Waals surface area contributed by atoms with Crippen molar-refractivity contribution in [1.82, 2.24) is 9.62 Å². The Labute approximate surface area is 184 Å². The van der Waals surface area contributed by atoms with Crippen LogP contribution in [0.2, 0.25) is 0 Å². The molecular formula is C22H20FN3O3S2. The molecule has 2 aromatic carbocycles. The van der Waals surface area contributed by atoms with Crippen LogP contribution in [-0.4, -0.2) is 25.3 Å². The molecule has 0 bridgehead atoms. The lowest BCUT2D eigenvalue weighted by molar-refractivity contribution is -0.133. The minimum atomic E-state index is -3.83. The van der Waals surface area contributed by atoms with Crippen LogP contribution in [0.4, 0.5) is 4.39 Å². The first-order chi connectivity index (χ1) is 14.8. The van der Waals surface area contributed by atoms with Gasteiger partial charge in [-0.15, -0.1) is 11.3 Å². The zero-order valence-corrected chi connectivity index (χ0v) is 18.3. The molecule has 1 N–H and O–H groups in total. The van der Waals surface area contributed by atoms with Crippen LogP contribution in [0.5, 0.6) is 0 Å². The van der Waals surface area contributed by atoms with E-state index >= 15 is 0 Å². The topological polar surface area (TPSA) is 90.3 Å². The maximum absolute atomic E-state index is 13.6. The van der Waals surface area contributed by atoms with E-state index in [1.54, 1.807) is 47.8 Å². The zero-order valence-electron chi connectivity index (χ0n) is 16.7. The first kappa shape index (κ1) is 22.6. The molecule has 0 saturated carbocycles. The van der Waals surface area contributed by atoms with Crippen molar-refractivity contribution in [3.63, 3.8) is 0 Å². The van der Waals surface area contributed by atoms with Crippen LogP contribution in [-0.2, 0) is 27.9 Å². The molecule has 3 aromatic rings. The van der Waals surface area contributed by atoms with E-state index < -0.39 is 27.8 Å². The van der Waals surface area contributed by atoms with E-state index in [4.69, 9.17) is 5.26 Å². The first-order valence-corrected chi connectivity index (χ1v) is 11.7. The molecule has 1 aromatic heterocycles. The number of halogens is 1. The summed E-state index contributed by atoms with van der Waals surface area (Å²) in [6, 6.07) is 16.7. The molecule has 3 rings (SSSR count). The van der Waals surface area contributed by atoms with Gasteiger partial charge in [0.15, 0.2) is 0 Å². The molecule has 1 amide bonds. The van der Waals surface area contributed by atoms with Crippen molar-refractivity contribution in [3.8, 4) is 6.07 Å². The Morgan fingerprint density at radius 2 is 1.84 bits per heavy atom. The number of benzene rings is 2. The van der Waals surface area contributed by atoms with Gasteiger partial charge in [-0.1, -0.05) is 30.3 Å². The zero-order chi connectivity index (χ0) is 22.4. The molecule has 1 unspecified atom stereocenters. The highest BCUT2D eigenvalue weighted by Crippen LogP contribution is 2.18. The SMILES string of the molecule is CC(NS(=O)(=O)c1cccs1)C(=O)N(Cc1ccc(C#N)cc1)Cc1cccc(F)c1. The molecule has 0 fully saturated rings. The maximum Gasteiger partial charge on any atom is 0.250 e. The number of sulfonamides is 1. The molecule has 9 heteroatoms. The summed E-state index contributed by atoms with van der Waals surface area (Å²) in [4.78, 5) is 14.6. The third-order valence-electron chi connectivity index (χ3n) is 4.49. The van der Waals surface area contributed by atoms with Gasteiger partial charge in [0.25, 0.3) is 10.0 Å². The van der Waals surface area contributed by atoms with Gasteiger partial charge in [0, 0.05) is 13.1 Å². The third kappa shape index (κ3) is 5.98. The lowest BCUT2D eigenvalue weighted by Gasteiger charge is -2.26. The smallest absolute Gasteiger partial charge is 0.250 e. The van der Waals surface area contributed by atoms with Crippen molar-refractivity contribution in [2.45, 2.75) is 30.3 Å². The summed E-state index contributed by atoms with van der Waals surface area (Å²) in [5.41, 5.74) is 1.83. The van der Waals surface area contributed by atoms with Crippen molar-refractivity contribution in [2.24, 2.45) is 0 Å². The van der Waals surface area contributed by atoms with Gasteiger partial charge in [-0.25, -0.2) is 12.8 Å². The monoisotopic (exact) mass is 457 g/mol. The number of carbonyl (C=O) groups is 1. The third-order valence-corrected chi connectivity index (χ3v) is 7.43. The van der Waals surface area contributed by atoms with E-state index in [2.05, 4.69) is 4.72 Å². The molecule has 0 aliphatic heterocycles. The summed E-state index contributed by atoms with van der Waals surface area (Å²) >= 11 is 1.06. The highest BCUT2D eigenvalue weighted by molar-refractivity contribution is 7.91. The highest BCUT2D eigenvalue weighted by Gasteiger charge is 2.27. The second kappa shape index (κ2) is 9.83. The fraction of sp³-hybridized carbons (Fsp3) is 0.182. The van der Waals surface area contributed by atoms with E-state index in [-0.39, 0.29) is 17.3 Å². The second-order valence-electron chi connectivity index (χ2n) is 6.91. The average molecular weight is 458 g/mol. The van der Waals surface area contributed by atoms with Gasteiger partial charge in [0.1, 0.15) is 10.0 Å². The number of nitrogens with one attached hydrogen (secondary N) is 1. The first-order valence-electron chi connectivity index (χ1n) is 9.36. The molecule has 0 radical (unpaired) electrons. The largest absolute Gasteiger partial charge is 0.333 e. The van der Waals surface area contributed by atoms with Gasteiger partial charge in [0.05, 0.1) is 17.7 Å². The predicted molar refractivity (Wildman–Crippen MR) is 116 cm³/mol. The van der Waals surface area contributed by atoms with Gasteiger partial charge in [-0.3, -0.25) is 4.79 Å². The molecule has 1 heterocycles. The van der Waals surface area contributed by atoms with E-state index in [1.807, 2.05) is 6.07 Å². The van der Waals surface area contributed by atoms with Crippen molar-refractivity contribution >= 4 is 27.3 Å². The number of thiophene rings is 1. The van der Waals surface area contributed by atoms with E-state index in [1.165, 1.54) is 30.0 Å². The molecule has 160 valence electrons. The summed E-state index contributed by atoms with van der Waals surface area (Å²) in [5.74, 6) is -0.872. The number of amides is 1. The quantitative estimate of drug-likeness (QED) is 0.559. The fourth-order valence-electron chi connectivity index (χ4n) is 3.00. The summed E-state index contributed by atoms with van der Waals surface area (Å²) in [6.07, 6.45) is 0. The van der Waals surface area contributed by atoms with Gasteiger partial charge in [0.2, 0.25) is 5.91 Å². The number of rotatable bonds is 8. The average Bonchev–Trinajstić information content (AvgIpc) is 3.29. The maximum atomic E-state index is 13.6. The molecule has 0 saturated heterocycles. The number of carbonyl (C=O) groups excluding carboxylic acids is 1. The summed E-state index contributed by atoms with van der Waals surface area (Å²) < 4.78 is 41.2. The van der Waals surface area contributed by atoms with Crippen molar-refractivity contribution in [3.05, 3.63) is 88.6 Å². The van der Waals surface area contributed by atoms with Crippen LogP contribution >= 0.6 is 11.3 Å². The van der Waals surface area contributed by atoms with Crippen molar-refractivity contribution < 1.29 is 17.6 Å². The Morgan fingerprint density at radius 3 is 2.45 bits per heavy atom. The molecule has 31 heavy (non-hydrogen) atoms. The van der Waals surface area contributed by atoms with Crippen LogP contribution in [0.25, 0.3) is 0 Å². The molecule has 1 atom stereocenters. The predicted octanol–water partition coefficient (Wildman–Crippen LogP) is 3.65. The van der Waals surface area contributed by atoms with Crippen molar-refractivity contribution in [2.75, 3.05) is 0 Å². The summed E-state index contributed by atoms with van der Waals surface area (Å²) in [5, 5.41) is 10.6. The van der Waals surface area contributed by atoms with E-state index in [9.17, 15) is 17.6 Å². The summed E-state index contributed by atoms with van der Waals surface area (Å²) in [7, 11) is -3.83. The lowest BCUT2D eigenvalue weighted by Crippen LogP contribution is -2.46. The molecule has 0 aliphatic carbocycles. The highest BCUT2D eigenvalue weighted by atomic mass is 32.2. The van der Waals surface area contributed by atoms with E-state index in [0.29, 0.717) is 11.1 Å². The summed E-state index contributed by atoms with van der Waals surface area (Å²) in [6.45, 7) is 1.75. The second-order valence-corrected chi connectivity index (χ2v) is 9.80. The van der Waals surface area contributed by atoms with Gasteiger partial charge in [-0.2, -0.15) is 9.98 Å². The Bertz CT molecular complexity index is 1190. The Morgan fingerprint density at radius 1 is 1.13 bits per heavy atom. The van der Waals surface area contributed by atoms with Gasteiger partial charge < -0.3 is 4.90 Å². The number of nitrogens with zero attached hydrogens (tertiary/aromatic N) is 2. The lowest BCUT2D eigenvalue weighted by atomic mass is 10.1. The minimum absolute atomic E-state index is 0.0989. The van der Waals surface area contributed by atoms with Gasteiger partial charge in [-0.05, 0) is 53.8 Å². The molecule has 0 spiro atoms. The van der Waals surface area contributed by atoms with Crippen LogP contribution in [0.1, 0.15) is 23.6 Å². The number of hydrogen-bond donors (Lipinski definition) is 1. The Balaban J connectivity index is 1.82. The Hall–Kier alpha value is -3.06.